The first-order valence-corrected chi connectivity index (χ1v) is 9.79. The van der Waals surface area contributed by atoms with Gasteiger partial charge >= 0.3 is 12.1 Å². The highest BCUT2D eigenvalue weighted by Gasteiger charge is 2.29. The van der Waals surface area contributed by atoms with Crippen molar-refractivity contribution in [2.75, 3.05) is 18.0 Å². The normalized spacial score (nSPS) is 15.5. The van der Waals surface area contributed by atoms with Crippen LogP contribution >= 0.6 is 0 Å². The third kappa shape index (κ3) is 4.62. The molecule has 0 bridgehead atoms. The van der Waals surface area contributed by atoms with E-state index >= 15 is 0 Å². The monoisotopic (exact) mass is 437 g/mol. The number of carboxylic acid groups (broad SMARTS) is 1. The summed E-state index contributed by atoms with van der Waals surface area (Å²) in [6, 6.07) is 4.53. The fourth-order valence-corrected chi connectivity index (χ4v) is 3.74. The van der Waals surface area contributed by atoms with Crippen molar-refractivity contribution in [1.29, 1.82) is 0 Å². The van der Waals surface area contributed by atoms with Crippen LogP contribution in [0.1, 0.15) is 25.0 Å². The minimum absolute atomic E-state index is 0.0994. The Morgan fingerprint density at radius 1 is 1.26 bits per heavy atom. The predicted octanol–water partition coefficient (Wildman–Crippen LogP) is 4.82. The molecule has 1 N–H and O–H groups in total. The topological polar surface area (TPSA) is 79.5 Å². The number of benzene rings is 1. The Morgan fingerprint density at radius 2 is 2.00 bits per heavy atom. The number of aromatic nitrogens is 2. The van der Waals surface area contributed by atoms with Crippen LogP contribution in [0.3, 0.4) is 0 Å². The number of piperidine rings is 1. The minimum atomic E-state index is -4.32. The zero-order valence-corrected chi connectivity index (χ0v) is 16.3. The molecule has 1 aliphatic rings. The van der Waals surface area contributed by atoms with E-state index in [2.05, 4.69) is 9.97 Å². The van der Waals surface area contributed by atoms with Crippen molar-refractivity contribution in [2.45, 2.75) is 31.9 Å². The fourth-order valence-electron chi connectivity index (χ4n) is 3.74. The Bertz CT molecular complexity index is 1100. The van der Waals surface area contributed by atoms with Crippen LogP contribution in [-0.2, 0) is 11.2 Å². The Hall–Kier alpha value is -3.17. The van der Waals surface area contributed by atoms with Gasteiger partial charge in [-0.15, -0.1) is 0 Å². The van der Waals surface area contributed by atoms with Gasteiger partial charge in [0.25, 0.3) is 0 Å². The number of aliphatic carboxylic acids is 1. The molecule has 1 fully saturated rings. The lowest BCUT2D eigenvalue weighted by Crippen LogP contribution is -2.37. The molecular weight excluding hydrogens is 418 g/mol. The molecule has 10 heteroatoms. The van der Waals surface area contributed by atoms with Crippen molar-refractivity contribution in [3.05, 3.63) is 42.2 Å². The predicted molar refractivity (Wildman–Crippen MR) is 104 cm³/mol. The summed E-state index contributed by atoms with van der Waals surface area (Å²) in [7, 11) is 0. The first-order valence-electron chi connectivity index (χ1n) is 9.79. The Morgan fingerprint density at radius 3 is 2.68 bits per heavy atom. The SMILES string of the molecule is O=C(O)C1CCN(c2nc(CCC(F)(F)F)cnc2-c2cc(F)c3occc3c2)CC1. The maximum Gasteiger partial charge on any atom is 0.389 e. The molecule has 0 atom stereocenters. The summed E-state index contributed by atoms with van der Waals surface area (Å²) >= 11 is 0. The van der Waals surface area contributed by atoms with Crippen LogP contribution in [0.5, 0.6) is 0 Å². The van der Waals surface area contributed by atoms with Crippen molar-refractivity contribution in [3.8, 4) is 11.3 Å². The van der Waals surface area contributed by atoms with Crippen LogP contribution < -0.4 is 4.90 Å². The molecule has 0 unspecified atom stereocenters. The Balaban J connectivity index is 1.72. The summed E-state index contributed by atoms with van der Waals surface area (Å²) < 4.78 is 57.6. The molecule has 1 saturated heterocycles. The van der Waals surface area contributed by atoms with Gasteiger partial charge in [-0.3, -0.25) is 9.78 Å². The maximum absolute atomic E-state index is 14.5. The summed E-state index contributed by atoms with van der Waals surface area (Å²) in [6.45, 7) is 0.718. The lowest BCUT2D eigenvalue weighted by molar-refractivity contribution is -0.142. The van der Waals surface area contributed by atoms with Crippen molar-refractivity contribution < 1.29 is 31.9 Å². The van der Waals surface area contributed by atoms with Gasteiger partial charge in [-0.1, -0.05) is 0 Å². The molecular formula is C21H19F4N3O3. The average Bonchev–Trinajstić information content (AvgIpc) is 3.21. The van der Waals surface area contributed by atoms with Crippen molar-refractivity contribution in [3.63, 3.8) is 0 Å². The number of furan rings is 1. The van der Waals surface area contributed by atoms with Gasteiger partial charge in [0.1, 0.15) is 5.69 Å². The van der Waals surface area contributed by atoms with Gasteiger partial charge in [-0.25, -0.2) is 9.37 Å². The average molecular weight is 437 g/mol. The number of alkyl halides is 3. The molecule has 0 aliphatic carbocycles. The van der Waals surface area contributed by atoms with E-state index in [1.54, 1.807) is 17.0 Å². The van der Waals surface area contributed by atoms with Gasteiger partial charge in [0.05, 0.1) is 17.9 Å². The molecule has 164 valence electrons. The van der Waals surface area contributed by atoms with Crippen LogP contribution in [0, 0.1) is 11.7 Å². The van der Waals surface area contributed by atoms with E-state index in [1.165, 1.54) is 18.5 Å². The second kappa shape index (κ2) is 8.16. The molecule has 3 aromatic rings. The number of aryl methyl sites for hydroxylation is 1. The molecule has 0 radical (unpaired) electrons. The van der Waals surface area contributed by atoms with Crippen LogP contribution in [0.25, 0.3) is 22.2 Å². The summed E-state index contributed by atoms with van der Waals surface area (Å²) in [5.41, 5.74) is 1.01. The number of anilines is 1. The van der Waals surface area contributed by atoms with Crippen molar-refractivity contribution in [1.82, 2.24) is 9.97 Å². The third-order valence-corrected chi connectivity index (χ3v) is 5.39. The van der Waals surface area contributed by atoms with Gasteiger partial charge in [0, 0.05) is 36.7 Å². The lowest BCUT2D eigenvalue weighted by atomic mass is 9.96. The maximum atomic E-state index is 14.5. The zero-order chi connectivity index (χ0) is 22.2. The molecule has 0 amide bonds. The van der Waals surface area contributed by atoms with Crippen LogP contribution in [0.2, 0.25) is 0 Å². The van der Waals surface area contributed by atoms with E-state index in [9.17, 15) is 27.5 Å². The number of carboxylic acids is 1. The van der Waals surface area contributed by atoms with Crippen molar-refractivity contribution >= 4 is 22.8 Å². The largest absolute Gasteiger partial charge is 0.481 e. The number of carbonyl (C=O) groups is 1. The molecule has 6 nitrogen and oxygen atoms in total. The zero-order valence-electron chi connectivity index (χ0n) is 16.3. The summed E-state index contributed by atoms with van der Waals surface area (Å²) in [6.07, 6.45) is -2.30. The third-order valence-electron chi connectivity index (χ3n) is 5.39. The second-order valence-corrected chi connectivity index (χ2v) is 7.55. The standard InChI is InChI=1S/C21H19F4N3O3/c22-16-10-14(9-13-4-8-31-18(13)16)17-19(28-6-2-12(3-7-28)20(29)30)27-15(11-26-17)1-5-21(23,24)25/h4,8-12H,1-3,5-7H2,(H,29,30). The molecule has 2 aromatic heterocycles. The van der Waals surface area contributed by atoms with E-state index < -0.39 is 30.3 Å². The number of rotatable bonds is 5. The number of fused-ring (bicyclic) bond motifs is 1. The summed E-state index contributed by atoms with van der Waals surface area (Å²) in [5.74, 6) is -1.63. The van der Waals surface area contributed by atoms with Gasteiger partial charge in [-0.05, 0) is 37.5 Å². The van der Waals surface area contributed by atoms with Crippen LogP contribution in [0.15, 0.2) is 35.1 Å². The Labute approximate surface area is 174 Å². The quantitative estimate of drug-likeness (QED) is 0.577. The molecule has 0 spiro atoms. The fraction of sp³-hybridized carbons (Fsp3) is 0.381. The van der Waals surface area contributed by atoms with Gasteiger partial charge in [-0.2, -0.15) is 13.2 Å². The number of hydrogen-bond donors (Lipinski definition) is 1. The van der Waals surface area contributed by atoms with E-state index in [0.717, 1.165) is 0 Å². The number of hydrogen-bond acceptors (Lipinski definition) is 5. The highest BCUT2D eigenvalue weighted by Crippen LogP contribution is 2.34. The number of nitrogens with zero attached hydrogens (tertiary/aromatic N) is 3. The molecule has 4 rings (SSSR count). The van der Waals surface area contributed by atoms with Crippen molar-refractivity contribution in [2.24, 2.45) is 5.92 Å². The van der Waals surface area contributed by atoms with Gasteiger partial charge < -0.3 is 14.4 Å². The van der Waals surface area contributed by atoms with E-state index in [1.807, 2.05) is 0 Å². The van der Waals surface area contributed by atoms with Crippen LogP contribution in [0.4, 0.5) is 23.4 Å². The molecule has 3 heterocycles. The first kappa shape index (κ1) is 21.1. The molecule has 0 saturated carbocycles. The highest BCUT2D eigenvalue weighted by molar-refractivity contribution is 5.85. The second-order valence-electron chi connectivity index (χ2n) is 7.55. The minimum Gasteiger partial charge on any atom is -0.481 e. The molecule has 1 aromatic carbocycles. The summed E-state index contributed by atoms with van der Waals surface area (Å²) in [4.78, 5) is 21.8. The van der Waals surface area contributed by atoms with Crippen LogP contribution in [-0.4, -0.2) is 40.3 Å². The van der Waals surface area contributed by atoms with Gasteiger partial charge in [0.2, 0.25) is 0 Å². The first-order chi connectivity index (χ1) is 14.7. The van der Waals surface area contributed by atoms with Gasteiger partial charge in [0.15, 0.2) is 17.2 Å². The van der Waals surface area contributed by atoms with E-state index in [-0.39, 0.29) is 17.7 Å². The molecule has 31 heavy (non-hydrogen) atoms. The highest BCUT2D eigenvalue weighted by atomic mass is 19.4. The molecule has 1 aliphatic heterocycles. The summed E-state index contributed by atoms with van der Waals surface area (Å²) in [5, 5.41) is 9.75. The smallest absolute Gasteiger partial charge is 0.389 e. The number of halogens is 4. The Kier molecular flexibility index (Phi) is 5.55. The lowest BCUT2D eigenvalue weighted by Gasteiger charge is -2.32. The van der Waals surface area contributed by atoms with E-state index in [4.69, 9.17) is 4.42 Å². The van der Waals surface area contributed by atoms with E-state index in [0.29, 0.717) is 48.4 Å².